The third kappa shape index (κ3) is 6.62. The van der Waals surface area contributed by atoms with E-state index in [1.807, 2.05) is 24.5 Å². The van der Waals surface area contributed by atoms with Gasteiger partial charge in [0.25, 0.3) is 0 Å². The van der Waals surface area contributed by atoms with Gasteiger partial charge in [-0.2, -0.15) is 0 Å². The van der Waals surface area contributed by atoms with Crippen molar-refractivity contribution in [1.29, 1.82) is 0 Å². The third-order valence-electron chi connectivity index (χ3n) is 9.05. The molecule has 1 saturated carbocycles. The summed E-state index contributed by atoms with van der Waals surface area (Å²) >= 11 is 6.09. The van der Waals surface area contributed by atoms with Gasteiger partial charge in [-0.1, -0.05) is 68.6 Å². The Morgan fingerprint density at radius 2 is 1.72 bits per heavy atom. The van der Waals surface area contributed by atoms with Gasteiger partial charge in [0, 0.05) is 16.2 Å². The molecule has 5 nitrogen and oxygen atoms in total. The van der Waals surface area contributed by atoms with Gasteiger partial charge in [-0.05, 0) is 94.0 Å². The van der Waals surface area contributed by atoms with Crippen LogP contribution in [0.1, 0.15) is 84.7 Å². The summed E-state index contributed by atoms with van der Waals surface area (Å²) in [5.74, 6) is 1.24. The summed E-state index contributed by atoms with van der Waals surface area (Å²) in [6.45, 7) is 11.2. The number of benzene rings is 2. The number of anilines is 1. The van der Waals surface area contributed by atoms with Crippen molar-refractivity contribution in [3.05, 3.63) is 65.2 Å². The van der Waals surface area contributed by atoms with Crippen molar-refractivity contribution in [3.8, 4) is 0 Å². The van der Waals surface area contributed by atoms with E-state index in [-0.39, 0.29) is 23.6 Å². The van der Waals surface area contributed by atoms with E-state index in [9.17, 15) is 4.79 Å². The van der Waals surface area contributed by atoms with E-state index in [1.165, 1.54) is 12.7 Å². The average molecular weight is 552 g/mol. The number of carbonyl (C=O) groups is 1. The summed E-state index contributed by atoms with van der Waals surface area (Å²) in [7, 11) is 1.50. The van der Waals surface area contributed by atoms with Gasteiger partial charge >= 0.3 is 5.97 Å². The lowest BCUT2D eigenvalue weighted by Gasteiger charge is -2.44. The fraction of sp³-hybridized carbons (Fsp3) is 0.576. The van der Waals surface area contributed by atoms with Gasteiger partial charge in [0.15, 0.2) is 5.54 Å². The predicted octanol–water partition coefficient (Wildman–Crippen LogP) is 8.16. The van der Waals surface area contributed by atoms with Crippen LogP contribution in [0.15, 0.2) is 59.6 Å². The molecule has 1 aliphatic carbocycles. The quantitative estimate of drug-likeness (QED) is 0.303. The molecule has 1 fully saturated rings. The second-order valence-electron chi connectivity index (χ2n) is 12.6. The summed E-state index contributed by atoms with van der Waals surface area (Å²) < 4.78 is 5.42. The number of methoxy groups -OCH3 is 1. The first-order valence-corrected chi connectivity index (χ1v) is 14.9. The fourth-order valence-corrected chi connectivity index (χ4v) is 7.00. The smallest absolute Gasteiger partial charge is 0.335 e. The molecule has 1 N–H and O–H groups in total. The van der Waals surface area contributed by atoms with E-state index in [1.54, 1.807) is 0 Å². The first-order chi connectivity index (χ1) is 18.6. The highest BCUT2D eigenvalue weighted by Gasteiger charge is 2.54. The molecule has 1 aliphatic heterocycles. The maximum Gasteiger partial charge on any atom is 0.335 e. The van der Waals surface area contributed by atoms with Crippen molar-refractivity contribution in [2.45, 2.75) is 96.3 Å². The first-order valence-electron chi connectivity index (χ1n) is 14.6. The molecule has 1 heterocycles. The number of rotatable bonds is 10. The van der Waals surface area contributed by atoms with Crippen molar-refractivity contribution >= 4 is 29.6 Å². The van der Waals surface area contributed by atoms with Gasteiger partial charge in [-0.3, -0.25) is 4.99 Å². The van der Waals surface area contributed by atoms with E-state index in [0.29, 0.717) is 24.2 Å². The van der Waals surface area contributed by atoms with E-state index in [4.69, 9.17) is 21.3 Å². The number of nitrogens with one attached hydrogen (secondary N) is 1. The van der Waals surface area contributed by atoms with Crippen LogP contribution in [-0.2, 0) is 9.53 Å². The largest absolute Gasteiger partial charge is 0.467 e. The Balaban J connectivity index is 1.50. The van der Waals surface area contributed by atoms with Crippen molar-refractivity contribution in [2.75, 3.05) is 12.4 Å². The molecule has 0 radical (unpaired) electrons. The summed E-state index contributed by atoms with van der Waals surface area (Å²) in [5, 5.41) is 4.51. The minimum Gasteiger partial charge on any atom is -0.467 e. The van der Waals surface area contributed by atoms with Crippen LogP contribution in [0.3, 0.4) is 0 Å². The lowest BCUT2D eigenvalue weighted by molar-refractivity contribution is -0.149. The summed E-state index contributed by atoms with van der Waals surface area (Å²) in [6, 6.07) is 18.6. The SMILES string of the molecule is COC(=O)C1(CC(C)C)N=CN(C(C)c2ccccc2)C1CC1CCC(C(C)(C)Nc2ccc(Cl)cc2)CC1. The lowest BCUT2D eigenvalue weighted by Crippen LogP contribution is -2.54. The molecule has 39 heavy (non-hydrogen) atoms. The first kappa shape index (κ1) is 29.5. The minimum atomic E-state index is -0.863. The van der Waals surface area contributed by atoms with Crippen LogP contribution in [-0.4, -0.2) is 41.4 Å². The van der Waals surface area contributed by atoms with E-state index in [0.717, 1.165) is 42.8 Å². The molecule has 6 heteroatoms. The Labute approximate surface area is 240 Å². The molecule has 212 valence electrons. The molecule has 0 amide bonds. The number of ether oxygens (including phenoxy) is 1. The molecule has 2 aromatic rings. The van der Waals surface area contributed by atoms with Gasteiger partial charge in [0.2, 0.25) is 0 Å². The standard InChI is InChI=1S/C33H46ClN3O2/c1-23(2)21-33(31(38)39-6)30(37(22-35-33)24(3)26-10-8-7-9-11-26)20-25-12-14-27(15-13-25)32(4,5)36-29-18-16-28(34)17-19-29/h7-11,16-19,22-25,27,30,36H,12-15,20-21H2,1-6H3. The zero-order chi connectivity index (χ0) is 28.2. The molecular weight excluding hydrogens is 506 g/mol. The summed E-state index contributed by atoms with van der Waals surface area (Å²) in [5.41, 5.74) is 1.46. The van der Waals surface area contributed by atoms with E-state index >= 15 is 0 Å². The van der Waals surface area contributed by atoms with Crippen molar-refractivity contribution < 1.29 is 9.53 Å². The van der Waals surface area contributed by atoms with Crippen LogP contribution in [0.4, 0.5) is 5.69 Å². The molecule has 0 aromatic heterocycles. The van der Waals surface area contributed by atoms with Gasteiger partial charge in [-0.25, -0.2) is 4.79 Å². The Kier molecular flexibility index (Phi) is 9.31. The number of esters is 1. The highest BCUT2D eigenvalue weighted by atomic mass is 35.5. The number of hydrogen-bond acceptors (Lipinski definition) is 5. The number of aliphatic imine (C=N–C) groups is 1. The highest BCUT2D eigenvalue weighted by Crippen LogP contribution is 2.45. The second kappa shape index (κ2) is 12.3. The molecule has 0 saturated heterocycles. The highest BCUT2D eigenvalue weighted by molar-refractivity contribution is 6.30. The Hall–Kier alpha value is -2.53. The van der Waals surface area contributed by atoms with Gasteiger partial charge in [-0.15, -0.1) is 0 Å². The third-order valence-corrected chi connectivity index (χ3v) is 9.31. The fourth-order valence-electron chi connectivity index (χ4n) is 6.88. The normalized spacial score (nSPS) is 26.1. The Bertz CT molecular complexity index is 1110. The summed E-state index contributed by atoms with van der Waals surface area (Å²) in [4.78, 5) is 20.7. The topological polar surface area (TPSA) is 53.9 Å². The van der Waals surface area contributed by atoms with Gasteiger partial charge in [0.1, 0.15) is 0 Å². The number of nitrogens with zero attached hydrogens (tertiary/aromatic N) is 2. The average Bonchev–Trinajstić information content (AvgIpc) is 3.27. The van der Waals surface area contributed by atoms with Crippen LogP contribution >= 0.6 is 11.6 Å². The zero-order valence-corrected chi connectivity index (χ0v) is 25.2. The predicted molar refractivity (Wildman–Crippen MR) is 162 cm³/mol. The Morgan fingerprint density at radius 1 is 1.08 bits per heavy atom. The maximum absolute atomic E-state index is 13.4. The Morgan fingerprint density at radius 3 is 2.31 bits per heavy atom. The number of halogens is 1. The molecule has 0 bridgehead atoms. The molecule has 0 spiro atoms. The van der Waals surface area contributed by atoms with E-state index < -0.39 is 5.54 Å². The van der Waals surface area contributed by atoms with Crippen molar-refractivity contribution in [1.82, 2.24) is 4.90 Å². The monoisotopic (exact) mass is 551 g/mol. The van der Waals surface area contributed by atoms with Gasteiger partial charge < -0.3 is 15.0 Å². The van der Waals surface area contributed by atoms with Crippen molar-refractivity contribution in [3.63, 3.8) is 0 Å². The molecule has 2 aromatic carbocycles. The molecule has 3 unspecified atom stereocenters. The second-order valence-corrected chi connectivity index (χ2v) is 13.1. The zero-order valence-electron chi connectivity index (χ0n) is 24.5. The molecule has 4 rings (SSSR count). The molecule has 3 atom stereocenters. The minimum absolute atomic E-state index is 0.0173. The lowest BCUT2D eigenvalue weighted by atomic mass is 9.69. The van der Waals surface area contributed by atoms with Crippen LogP contribution in [0.2, 0.25) is 5.02 Å². The number of hydrogen-bond donors (Lipinski definition) is 1. The van der Waals surface area contributed by atoms with Crippen LogP contribution < -0.4 is 5.32 Å². The van der Waals surface area contributed by atoms with Gasteiger partial charge in [0.05, 0.1) is 25.5 Å². The van der Waals surface area contributed by atoms with Crippen LogP contribution in [0, 0.1) is 17.8 Å². The maximum atomic E-state index is 13.4. The van der Waals surface area contributed by atoms with Crippen molar-refractivity contribution in [2.24, 2.45) is 22.7 Å². The molecular formula is C33H46ClN3O2. The van der Waals surface area contributed by atoms with Crippen LogP contribution in [0.25, 0.3) is 0 Å². The van der Waals surface area contributed by atoms with E-state index in [2.05, 4.69) is 81.2 Å². The molecule has 2 aliphatic rings. The van der Waals surface area contributed by atoms with Crippen LogP contribution in [0.5, 0.6) is 0 Å². The summed E-state index contributed by atoms with van der Waals surface area (Å²) in [6.07, 6.45) is 8.19. The number of carbonyl (C=O) groups excluding carboxylic acids is 1.